The van der Waals surface area contributed by atoms with Crippen LogP contribution in [-0.4, -0.2) is 59.3 Å². The molecule has 0 spiro atoms. The van der Waals surface area contributed by atoms with E-state index in [2.05, 4.69) is 22.2 Å². The van der Waals surface area contributed by atoms with Crippen molar-refractivity contribution >= 4 is 41.5 Å². The molecule has 8 heteroatoms. The summed E-state index contributed by atoms with van der Waals surface area (Å²) in [5, 5.41) is 7.51. The van der Waals surface area contributed by atoms with Crippen molar-refractivity contribution in [3.63, 3.8) is 0 Å². The van der Waals surface area contributed by atoms with Crippen LogP contribution in [0.25, 0.3) is 0 Å². The number of guanidine groups is 1. The van der Waals surface area contributed by atoms with Crippen LogP contribution in [0.15, 0.2) is 17.4 Å². The van der Waals surface area contributed by atoms with E-state index < -0.39 is 0 Å². The Bertz CT molecular complexity index is 625. The molecule has 0 bridgehead atoms. The second-order valence-electron chi connectivity index (χ2n) is 7.37. The number of anilines is 1. The van der Waals surface area contributed by atoms with Gasteiger partial charge in [0.1, 0.15) is 6.54 Å². The van der Waals surface area contributed by atoms with E-state index in [9.17, 15) is 4.79 Å². The highest BCUT2D eigenvalue weighted by molar-refractivity contribution is 14.0. The zero-order chi connectivity index (χ0) is 18.4. The van der Waals surface area contributed by atoms with Crippen molar-refractivity contribution in [1.29, 1.82) is 0 Å². The van der Waals surface area contributed by atoms with Crippen molar-refractivity contribution in [3.8, 4) is 0 Å². The van der Waals surface area contributed by atoms with Crippen LogP contribution in [0, 0.1) is 5.92 Å². The monoisotopic (exact) mass is 488 g/mol. The Morgan fingerprint density at radius 3 is 2.74 bits per heavy atom. The number of amides is 1. The minimum atomic E-state index is 0. The Balaban J connectivity index is 0.00000261. The van der Waals surface area contributed by atoms with Crippen molar-refractivity contribution in [1.82, 2.24) is 20.0 Å². The van der Waals surface area contributed by atoms with E-state index in [0.29, 0.717) is 13.1 Å². The number of nitrogens with zero attached hydrogens (tertiary/aromatic N) is 5. The molecule has 1 aromatic rings. The molecule has 27 heavy (non-hydrogen) atoms. The lowest BCUT2D eigenvalue weighted by molar-refractivity contribution is -0.120. The second-order valence-corrected chi connectivity index (χ2v) is 7.37. The minimum absolute atomic E-state index is 0. The van der Waals surface area contributed by atoms with E-state index in [1.165, 1.54) is 32.1 Å². The molecule has 0 unspecified atom stereocenters. The predicted molar refractivity (Wildman–Crippen MR) is 120 cm³/mol. The van der Waals surface area contributed by atoms with Gasteiger partial charge in [0.2, 0.25) is 5.91 Å². The van der Waals surface area contributed by atoms with E-state index in [-0.39, 0.29) is 29.9 Å². The molecular formula is C19H33IN6O. The number of piperazine rings is 1. The second kappa shape index (κ2) is 10.9. The first kappa shape index (κ1) is 22.0. The van der Waals surface area contributed by atoms with Gasteiger partial charge in [0.05, 0.1) is 11.9 Å². The number of nitrogens with one attached hydrogen (secondary N) is 1. The third-order valence-electron chi connectivity index (χ3n) is 5.36. The van der Waals surface area contributed by atoms with Crippen LogP contribution in [0.4, 0.5) is 5.69 Å². The molecule has 2 aliphatic rings. The Hall–Kier alpha value is -1.32. The van der Waals surface area contributed by atoms with E-state index in [1.807, 2.05) is 18.1 Å². The Kier molecular flexibility index (Phi) is 8.85. The van der Waals surface area contributed by atoms with Crippen LogP contribution in [-0.2, 0) is 11.8 Å². The topological polar surface area (TPSA) is 65.8 Å². The number of hydrogen-bond donors (Lipinski definition) is 1. The summed E-state index contributed by atoms with van der Waals surface area (Å²) in [4.78, 5) is 21.3. The molecule has 2 heterocycles. The number of aryl methyl sites for hydroxylation is 1. The first-order valence-electron chi connectivity index (χ1n) is 9.99. The van der Waals surface area contributed by atoms with Crippen LogP contribution < -0.4 is 10.2 Å². The van der Waals surface area contributed by atoms with Gasteiger partial charge in [-0.25, -0.2) is 0 Å². The maximum absolute atomic E-state index is 12.6. The van der Waals surface area contributed by atoms with E-state index in [0.717, 1.165) is 43.6 Å². The molecule has 0 atom stereocenters. The molecule has 1 aliphatic heterocycles. The van der Waals surface area contributed by atoms with E-state index in [4.69, 9.17) is 4.99 Å². The zero-order valence-corrected chi connectivity index (χ0v) is 18.9. The van der Waals surface area contributed by atoms with Gasteiger partial charge in [0, 0.05) is 39.4 Å². The maximum Gasteiger partial charge on any atom is 0.246 e. The molecule has 2 fully saturated rings. The molecule has 0 radical (unpaired) electrons. The normalized spacial score (nSPS) is 18.7. The van der Waals surface area contributed by atoms with Crippen LogP contribution in [0.5, 0.6) is 0 Å². The fourth-order valence-corrected chi connectivity index (χ4v) is 3.96. The van der Waals surface area contributed by atoms with Gasteiger partial charge in [0.15, 0.2) is 5.96 Å². The molecule has 1 saturated carbocycles. The summed E-state index contributed by atoms with van der Waals surface area (Å²) in [5.41, 5.74) is 0.871. The Morgan fingerprint density at radius 2 is 2.11 bits per heavy atom. The number of rotatable bonds is 6. The average Bonchev–Trinajstić information content (AvgIpc) is 3.29. The summed E-state index contributed by atoms with van der Waals surface area (Å²) in [5.74, 6) is 1.89. The summed E-state index contributed by atoms with van der Waals surface area (Å²) in [6.07, 6.45) is 11.7. The molecule has 1 amide bonds. The number of aromatic nitrogens is 2. The smallest absolute Gasteiger partial charge is 0.246 e. The highest BCUT2D eigenvalue weighted by Crippen LogP contribution is 2.28. The first-order chi connectivity index (χ1) is 12.7. The summed E-state index contributed by atoms with van der Waals surface area (Å²) in [6, 6.07) is 0. The van der Waals surface area contributed by atoms with Gasteiger partial charge in [0.25, 0.3) is 0 Å². The lowest BCUT2D eigenvalue weighted by atomic mass is 10.0. The molecule has 3 rings (SSSR count). The van der Waals surface area contributed by atoms with Crippen LogP contribution in [0.3, 0.4) is 0 Å². The first-order valence-corrected chi connectivity index (χ1v) is 9.99. The third kappa shape index (κ3) is 6.08. The lowest BCUT2D eigenvalue weighted by Crippen LogP contribution is -2.55. The van der Waals surface area contributed by atoms with Crippen LogP contribution in [0.1, 0.15) is 45.4 Å². The van der Waals surface area contributed by atoms with Crippen molar-refractivity contribution in [2.75, 3.05) is 37.6 Å². The van der Waals surface area contributed by atoms with Gasteiger partial charge < -0.3 is 15.1 Å². The quantitative estimate of drug-likeness (QED) is 0.290. The maximum atomic E-state index is 12.6. The van der Waals surface area contributed by atoms with Crippen molar-refractivity contribution in [3.05, 3.63) is 12.4 Å². The van der Waals surface area contributed by atoms with E-state index in [1.54, 1.807) is 10.9 Å². The van der Waals surface area contributed by atoms with Crippen LogP contribution in [0.2, 0.25) is 0 Å². The number of carbonyl (C=O) groups is 1. The molecule has 1 saturated heterocycles. The van der Waals surface area contributed by atoms with Crippen molar-refractivity contribution in [2.24, 2.45) is 18.0 Å². The molecule has 152 valence electrons. The number of carbonyl (C=O) groups excluding carboxylic acids is 1. The Labute approximate surface area is 179 Å². The van der Waals surface area contributed by atoms with Gasteiger partial charge in [-0.05, 0) is 25.7 Å². The molecule has 1 aliphatic carbocycles. The van der Waals surface area contributed by atoms with Gasteiger partial charge >= 0.3 is 0 Å². The fourth-order valence-electron chi connectivity index (χ4n) is 3.96. The fraction of sp³-hybridized carbons (Fsp3) is 0.737. The highest BCUT2D eigenvalue weighted by Gasteiger charge is 2.27. The summed E-state index contributed by atoms with van der Waals surface area (Å²) < 4.78 is 1.73. The van der Waals surface area contributed by atoms with Gasteiger partial charge in [-0.1, -0.05) is 25.7 Å². The van der Waals surface area contributed by atoms with E-state index >= 15 is 0 Å². The lowest BCUT2D eigenvalue weighted by Gasteiger charge is -2.35. The zero-order valence-electron chi connectivity index (χ0n) is 16.6. The molecule has 7 nitrogen and oxygen atoms in total. The molecular weight excluding hydrogens is 455 g/mol. The standard InChI is InChI=1S/C19H32N6O.HI/c1-3-20-19(21-10-6-9-16-7-4-5-8-16)24-11-12-25(18(26)15-24)17-13-22-23(2)14-17;/h13-14,16H,3-12,15H2,1-2H3,(H,20,21);1H. The summed E-state index contributed by atoms with van der Waals surface area (Å²) >= 11 is 0. The van der Waals surface area contributed by atoms with Gasteiger partial charge in [-0.2, -0.15) is 5.10 Å². The number of aliphatic imine (C=N–C) groups is 1. The van der Waals surface area contributed by atoms with Gasteiger partial charge in [-0.15, -0.1) is 24.0 Å². The molecule has 0 aromatic carbocycles. The highest BCUT2D eigenvalue weighted by atomic mass is 127. The van der Waals surface area contributed by atoms with Crippen molar-refractivity contribution < 1.29 is 4.79 Å². The van der Waals surface area contributed by atoms with Crippen LogP contribution >= 0.6 is 24.0 Å². The third-order valence-corrected chi connectivity index (χ3v) is 5.36. The number of hydrogen-bond acceptors (Lipinski definition) is 3. The average molecular weight is 488 g/mol. The number of halogens is 1. The largest absolute Gasteiger partial charge is 0.357 e. The summed E-state index contributed by atoms with van der Waals surface area (Å²) in [7, 11) is 1.87. The minimum Gasteiger partial charge on any atom is -0.357 e. The molecule has 1 aromatic heterocycles. The summed E-state index contributed by atoms with van der Waals surface area (Å²) in [6.45, 7) is 5.55. The molecule has 1 N–H and O–H groups in total. The predicted octanol–water partition coefficient (Wildman–Crippen LogP) is 2.62. The Morgan fingerprint density at radius 1 is 1.33 bits per heavy atom. The SMILES string of the molecule is CCNC(=NCCCC1CCCC1)N1CCN(c2cnn(C)c2)C(=O)C1.I. The van der Waals surface area contributed by atoms with Crippen molar-refractivity contribution in [2.45, 2.75) is 45.4 Å². The van der Waals surface area contributed by atoms with Gasteiger partial charge in [-0.3, -0.25) is 14.5 Å².